The Labute approximate surface area is 75.4 Å². The smallest absolute Gasteiger partial charge is 0.223 e. The van der Waals surface area contributed by atoms with Crippen LogP contribution in [-0.2, 0) is 15.6 Å². The van der Waals surface area contributed by atoms with Crippen LogP contribution in [0.25, 0.3) is 0 Å². The van der Waals surface area contributed by atoms with Crippen molar-refractivity contribution in [1.82, 2.24) is 5.32 Å². The highest BCUT2D eigenvalue weighted by Crippen LogP contribution is 2.28. The quantitative estimate of drug-likeness (QED) is 0.690. The number of nitrogens with one attached hydrogen (secondary N) is 1. The van der Waals surface area contributed by atoms with E-state index >= 15 is 0 Å². The molecular formula is C8H15NO2S. The van der Waals surface area contributed by atoms with Crippen molar-refractivity contribution in [1.29, 1.82) is 0 Å². The molecule has 0 aliphatic heterocycles. The molecule has 1 rings (SSSR count). The Hall–Kier alpha value is -0.380. The first kappa shape index (κ1) is 9.71. The van der Waals surface area contributed by atoms with Crippen LogP contribution in [0.2, 0.25) is 0 Å². The summed E-state index contributed by atoms with van der Waals surface area (Å²) >= 11 is 0. The average molecular weight is 189 g/mol. The summed E-state index contributed by atoms with van der Waals surface area (Å²) in [5.41, 5.74) is 0. The Kier molecular flexibility index (Phi) is 3.26. The third-order valence-corrected chi connectivity index (χ3v) is 2.79. The fourth-order valence-electron chi connectivity index (χ4n) is 1.10. The summed E-state index contributed by atoms with van der Waals surface area (Å²) in [6.45, 7) is 1.89. The molecule has 12 heavy (non-hydrogen) atoms. The van der Waals surface area contributed by atoms with E-state index in [1.54, 1.807) is 6.26 Å². The minimum Gasteiger partial charge on any atom is -0.352 e. The lowest BCUT2D eigenvalue weighted by molar-refractivity contribution is -0.122. The van der Waals surface area contributed by atoms with E-state index in [4.69, 9.17) is 0 Å². The normalized spacial score (nSPS) is 21.5. The van der Waals surface area contributed by atoms with Crippen molar-refractivity contribution in [2.75, 3.05) is 12.0 Å². The number of carbonyl (C=O) groups excluding carboxylic acids is 1. The molecule has 1 aliphatic rings. The van der Waals surface area contributed by atoms with Gasteiger partial charge in [0.1, 0.15) is 0 Å². The summed E-state index contributed by atoms with van der Waals surface area (Å²) in [5, 5.41) is 2.84. The highest BCUT2D eigenvalue weighted by molar-refractivity contribution is 7.84. The molecule has 4 heteroatoms. The van der Waals surface area contributed by atoms with E-state index in [2.05, 4.69) is 5.32 Å². The topological polar surface area (TPSA) is 46.2 Å². The van der Waals surface area contributed by atoms with Gasteiger partial charge in [-0.05, 0) is 19.8 Å². The molecule has 1 N–H and O–H groups in total. The number of hydrogen-bond donors (Lipinski definition) is 1. The molecule has 2 unspecified atom stereocenters. The maximum absolute atomic E-state index is 11.2. The first-order valence-electron chi connectivity index (χ1n) is 4.20. The van der Waals surface area contributed by atoms with Gasteiger partial charge in [-0.25, -0.2) is 0 Å². The van der Waals surface area contributed by atoms with Gasteiger partial charge in [-0.15, -0.1) is 0 Å². The molecule has 3 nitrogen and oxygen atoms in total. The minimum atomic E-state index is -0.820. The van der Waals surface area contributed by atoms with Crippen LogP contribution in [0.3, 0.4) is 0 Å². The highest BCUT2D eigenvalue weighted by atomic mass is 32.2. The number of hydrogen-bond acceptors (Lipinski definition) is 2. The summed E-state index contributed by atoms with van der Waals surface area (Å²) in [7, 11) is -0.820. The molecule has 1 aliphatic carbocycles. The van der Waals surface area contributed by atoms with E-state index in [1.165, 1.54) is 0 Å². The number of carbonyl (C=O) groups is 1. The van der Waals surface area contributed by atoms with E-state index in [-0.39, 0.29) is 17.9 Å². The highest BCUT2D eigenvalue weighted by Gasteiger charge is 2.30. The molecule has 1 amide bonds. The van der Waals surface area contributed by atoms with Crippen molar-refractivity contribution in [3.05, 3.63) is 0 Å². The van der Waals surface area contributed by atoms with Gasteiger partial charge in [0.05, 0.1) is 0 Å². The van der Waals surface area contributed by atoms with E-state index in [1.807, 2.05) is 6.92 Å². The third kappa shape index (κ3) is 3.34. The molecule has 1 saturated carbocycles. The van der Waals surface area contributed by atoms with Gasteiger partial charge in [-0.3, -0.25) is 9.00 Å². The second-order valence-corrected chi connectivity index (χ2v) is 4.90. The zero-order valence-electron chi connectivity index (χ0n) is 7.50. The van der Waals surface area contributed by atoms with Gasteiger partial charge in [0.2, 0.25) is 5.91 Å². The summed E-state index contributed by atoms with van der Waals surface area (Å²) in [6.07, 6.45) is 3.70. The van der Waals surface area contributed by atoms with Crippen LogP contribution >= 0.6 is 0 Å². The lowest BCUT2D eigenvalue weighted by atomic mass is 10.3. The van der Waals surface area contributed by atoms with Crippen LogP contribution in [0.1, 0.15) is 19.8 Å². The molecule has 0 aromatic rings. The average Bonchev–Trinajstić information content (AvgIpc) is 2.63. The van der Waals surface area contributed by atoms with Crippen LogP contribution in [0.15, 0.2) is 0 Å². The molecule has 0 aromatic carbocycles. The zero-order valence-corrected chi connectivity index (χ0v) is 8.32. The van der Waals surface area contributed by atoms with Crippen LogP contribution in [0, 0.1) is 5.92 Å². The molecular weight excluding hydrogens is 174 g/mol. The Morgan fingerprint density at radius 1 is 1.67 bits per heavy atom. The molecule has 70 valence electrons. The second kappa shape index (κ2) is 4.03. The fraction of sp³-hybridized carbons (Fsp3) is 0.875. The third-order valence-electron chi connectivity index (χ3n) is 1.82. The Morgan fingerprint density at radius 2 is 2.25 bits per heavy atom. The zero-order chi connectivity index (χ0) is 9.14. The summed E-state index contributed by atoms with van der Waals surface area (Å²) in [6, 6.07) is 0.0453. The second-order valence-electron chi connectivity index (χ2n) is 3.42. The van der Waals surface area contributed by atoms with Crippen LogP contribution in [0.5, 0.6) is 0 Å². The molecule has 0 spiro atoms. The molecule has 2 atom stereocenters. The van der Waals surface area contributed by atoms with E-state index < -0.39 is 10.8 Å². The molecule has 0 bridgehead atoms. The Morgan fingerprint density at radius 3 is 2.67 bits per heavy atom. The fourth-order valence-corrected chi connectivity index (χ4v) is 1.89. The molecule has 0 aromatic heterocycles. The van der Waals surface area contributed by atoms with Gasteiger partial charge in [0.25, 0.3) is 0 Å². The summed E-state index contributed by atoms with van der Waals surface area (Å²) in [5.74, 6) is 0.934. The maximum atomic E-state index is 11.2. The standard InChI is InChI=1S/C8H15NO2S/c1-6(5-12(2)11)9-8(10)7-3-4-7/h6-7H,3-5H2,1-2H3,(H,9,10). The van der Waals surface area contributed by atoms with Crippen molar-refractivity contribution < 1.29 is 9.00 Å². The van der Waals surface area contributed by atoms with Gasteiger partial charge in [-0.2, -0.15) is 0 Å². The Balaban J connectivity index is 2.20. The lowest BCUT2D eigenvalue weighted by Gasteiger charge is -2.11. The molecule has 0 heterocycles. The van der Waals surface area contributed by atoms with E-state index in [9.17, 15) is 9.00 Å². The number of amides is 1. The predicted molar refractivity (Wildman–Crippen MR) is 49.3 cm³/mol. The van der Waals surface area contributed by atoms with Gasteiger partial charge in [0, 0.05) is 34.8 Å². The molecule has 0 saturated heterocycles. The largest absolute Gasteiger partial charge is 0.352 e. The summed E-state index contributed by atoms with van der Waals surface area (Å²) in [4.78, 5) is 11.2. The van der Waals surface area contributed by atoms with Gasteiger partial charge in [0.15, 0.2) is 0 Å². The van der Waals surface area contributed by atoms with Crippen molar-refractivity contribution in [3.63, 3.8) is 0 Å². The monoisotopic (exact) mass is 189 g/mol. The summed E-state index contributed by atoms with van der Waals surface area (Å²) < 4.78 is 10.8. The van der Waals surface area contributed by atoms with Crippen molar-refractivity contribution in [3.8, 4) is 0 Å². The maximum Gasteiger partial charge on any atom is 0.223 e. The first-order valence-corrected chi connectivity index (χ1v) is 5.92. The molecule has 1 fully saturated rings. The van der Waals surface area contributed by atoms with E-state index in [0.717, 1.165) is 12.8 Å². The predicted octanol–water partition coefficient (Wildman–Crippen LogP) is 0.280. The van der Waals surface area contributed by atoms with Gasteiger partial charge in [-0.1, -0.05) is 0 Å². The first-order chi connectivity index (χ1) is 5.59. The Bertz CT molecular complexity index is 201. The van der Waals surface area contributed by atoms with Crippen molar-refractivity contribution in [2.24, 2.45) is 5.92 Å². The van der Waals surface area contributed by atoms with Crippen molar-refractivity contribution >= 4 is 16.7 Å². The SMILES string of the molecule is CC(CS(C)=O)NC(=O)C1CC1. The van der Waals surface area contributed by atoms with Crippen LogP contribution in [-0.4, -0.2) is 28.2 Å². The van der Waals surface area contributed by atoms with E-state index in [0.29, 0.717) is 5.75 Å². The van der Waals surface area contributed by atoms with Crippen LogP contribution in [0.4, 0.5) is 0 Å². The number of rotatable bonds is 4. The van der Waals surface area contributed by atoms with Gasteiger partial charge < -0.3 is 5.32 Å². The van der Waals surface area contributed by atoms with Crippen molar-refractivity contribution in [2.45, 2.75) is 25.8 Å². The van der Waals surface area contributed by atoms with Crippen LogP contribution < -0.4 is 5.32 Å². The molecule has 0 radical (unpaired) electrons. The minimum absolute atomic E-state index is 0.0453. The lowest BCUT2D eigenvalue weighted by Crippen LogP contribution is -2.37. The van der Waals surface area contributed by atoms with Gasteiger partial charge >= 0.3 is 0 Å².